The third-order valence-corrected chi connectivity index (χ3v) is 6.83. The van der Waals surface area contributed by atoms with Crippen LogP contribution in [-0.4, -0.2) is 74.4 Å². The summed E-state index contributed by atoms with van der Waals surface area (Å²) in [7, 11) is 3.21. The third-order valence-electron chi connectivity index (χ3n) is 6.83. The third kappa shape index (κ3) is 5.85. The molecular weight excluding hydrogens is 529 g/mol. The second-order valence-corrected chi connectivity index (χ2v) is 9.80. The van der Waals surface area contributed by atoms with E-state index in [0.717, 1.165) is 30.3 Å². The van der Waals surface area contributed by atoms with E-state index in [4.69, 9.17) is 24.3 Å². The number of nitrogens with zero attached hydrogens (tertiary/aromatic N) is 6. The Bertz CT molecular complexity index is 1380. The molecule has 0 radical (unpaired) electrons. The predicted octanol–water partition coefficient (Wildman–Crippen LogP) is 4.81. The van der Waals surface area contributed by atoms with Crippen molar-refractivity contribution in [1.29, 1.82) is 0 Å². The molecule has 218 valence electrons. The molecule has 40 heavy (non-hydrogen) atoms. The number of likely N-dealkylation sites (N-methyl/N-ethyl adjacent to an activating group) is 1. The van der Waals surface area contributed by atoms with Crippen molar-refractivity contribution in [2.24, 2.45) is 7.05 Å². The van der Waals surface area contributed by atoms with Gasteiger partial charge in [0.2, 0.25) is 5.88 Å². The Labute approximate surface area is 230 Å². The van der Waals surface area contributed by atoms with Gasteiger partial charge in [0.15, 0.2) is 6.23 Å². The highest BCUT2D eigenvalue weighted by atomic mass is 19.4. The summed E-state index contributed by atoms with van der Waals surface area (Å²) >= 11 is 0. The summed E-state index contributed by atoms with van der Waals surface area (Å²) in [4.78, 5) is 17.4. The molecule has 0 aliphatic carbocycles. The van der Waals surface area contributed by atoms with Crippen LogP contribution in [0.1, 0.15) is 56.4 Å². The Balaban J connectivity index is 1.76. The zero-order valence-electron chi connectivity index (χ0n) is 23.4. The minimum atomic E-state index is -4.97. The van der Waals surface area contributed by atoms with Crippen molar-refractivity contribution >= 4 is 22.9 Å². The van der Waals surface area contributed by atoms with E-state index in [-0.39, 0.29) is 25.9 Å². The van der Waals surface area contributed by atoms with Crippen molar-refractivity contribution in [2.45, 2.75) is 65.1 Å². The number of methoxy groups -OCH3 is 1. The zero-order valence-corrected chi connectivity index (χ0v) is 23.4. The lowest BCUT2D eigenvalue weighted by Gasteiger charge is -2.26. The van der Waals surface area contributed by atoms with Crippen molar-refractivity contribution in [1.82, 2.24) is 29.4 Å². The molecule has 0 N–H and O–H groups in total. The summed E-state index contributed by atoms with van der Waals surface area (Å²) in [6.45, 7) is 9.39. The molecule has 1 fully saturated rings. The summed E-state index contributed by atoms with van der Waals surface area (Å²) in [5.74, 6) is -1.61. The molecular formula is C27H35F3N6O4. The molecule has 0 saturated carbocycles. The maximum Gasteiger partial charge on any atom is 0.471 e. The normalized spacial score (nSPS) is 16.8. The lowest BCUT2D eigenvalue weighted by atomic mass is 10.1. The average Bonchev–Trinajstić information content (AvgIpc) is 3.44. The standard InChI is InChI=1S/C27H35F3N6O4/c1-7-21-18-13-19(31-17(4)24(18)33-36(21)22-11-9-10-12-39-22)23-20(15-38-6)32-34(5)25(23)40-16(3)14-35(8-2)26(37)27(28,29)30/h7,13,16,22H,1,8-12,14-15H2,2-6H3/t16-,22?/m0/s1. The number of carbonyl (C=O) groups excluding carboxylic acids is 1. The van der Waals surface area contributed by atoms with Crippen LogP contribution in [0.25, 0.3) is 28.2 Å². The second-order valence-electron chi connectivity index (χ2n) is 9.80. The van der Waals surface area contributed by atoms with E-state index in [1.165, 1.54) is 18.7 Å². The Morgan fingerprint density at radius 1 is 1.35 bits per heavy atom. The summed E-state index contributed by atoms with van der Waals surface area (Å²) in [6, 6.07) is 1.88. The van der Waals surface area contributed by atoms with Crippen molar-refractivity contribution in [2.75, 3.05) is 26.8 Å². The number of alkyl halides is 3. The van der Waals surface area contributed by atoms with Gasteiger partial charge < -0.3 is 19.1 Å². The first-order chi connectivity index (χ1) is 19.0. The van der Waals surface area contributed by atoms with Crippen LogP contribution in [-0.2, 0) is 27.9 Å². The first-order valence-corrected chi connectivity index (χ1v) is 13.2. The maximum absolute atomic E-state index is 13.1. The molecule has 4 rings (SSSR count). The molecule has 0 bridgehead atoms. The molecule has 1 amide bonds. The minimum Gasteiger partial charge on any atom is -0.472 e. The summed E-state index contributed by atoms with van der Waals surface area (Å²) in [5.41, 5.74) is 3.81. The number of aromatic nitrogens is 5. The zero-order chi connectivity index (χ0) is 29.2. The van der Waals surface area contributed by atoms with Gasteiger partial charge in [0.05, 0.1) is 35.8 Å². The van der Waals surface area contributed by atoms with Crippen LogP contribution in [0.4, 0.5) is 13.2 Å². The Morgan fingerprint density at radius 2 is 2.10 bits per heavy atom. The van der Waals surface area contributed by atoms with Gasteiger partial charge in [-0.3, -0.25) is 9.78 Å². The largest absolute Gasteiger partial charge is 0.472 e. The van der Waals surface area contributed by atoms with Gasteiger partial charge in [-0.05, 0) is 52.2 Å². The van der Waals surface area contributed by atoms with Crippen LogP contribution in [0.2, 0.25) is 0 Å². The molecule has 4 heterocycles. The van der Waals surface area contributed by atoms with Crippen LogP contribution in [0, 0.1) is 6.92 Å². The summed E-state index contributed by atoms with van der Waals surface area (Å²) < 4.78 is 60.0. The van der Waals surface area contributed by atoms with Gasteiger partial charge in [-0.15, -0.1) is 0 Å². The Morgan fingerprint density at radius 3 is 2.70 bits per heavy atom. The second kappa shape index (κ2) is 12.0. The molecule has 2 atom stereocenters. The predicted molar refractivity (Wildman–Crippen MR) is 143 cm³/mol. The number of halogens is 3. The number of hydrogen-bond donors (Lipinski definition) is 0. The van der Waals surface area contributed by atoms with E-state index in [1.54, 1.807) is 20.0 Å². The number of fused-ring (bicyclic) bond motifs is 1. The van der Waals surface area contributed by atoms with Gasteiger partial charge in [-0.1, -0.05) is 6.58 Å². The SMILES string of the molecule is C=Cc1c2cc(-c3c(COC)nn(C)c3O[C@@H](C)CN(CC)C(=O)C(F)(F)F)nc(C)c2nn1C1CCCCO1. The molecule has 1 aliphatic heterocycles. The van der Waals surface area contributed by atoms with Gasteiger partial charge in [0, 0.05) is 32.7 Å². The lowest BCUT2D eigenvalue weighted by Crippen LogP contribution is -2.45. The number of aryl methyl sites for hydroxylation is 2. The van der Waals surface area contributed by atoms with Gasteiger partial charge in [0.25, 0.3) is 0 Å². The molecule has 3 aromatic rings. The molecule has 0 aromatic carbocycles. The monoisotopic (exact) mass is 564 g/mol. The van der Waals surface area contributed by atoms with Gasteiger partial charge in [0.1, 0.15) is 17.3 Å². The van der Waals surface area contributed by atoms with Crippen LogP contribution in [0.3, 0.4) is 0 Å². The highest BCUT2D eigenvalue weighted by Gasteiger charge is 2.42. The summed E-state index contributed by atoms with van der Waals surface area (Å²) in [6.07, 6.45) is -1.31. The highest BCUT2D eigenvalue weighted by Crippen LogP contribution is 2.37. The van der Waals surface area contributed by atoms with Crippen molar-refractivity contribution in [3.63, 3.8) is 0 Å². The Kier molecular flexibility index (Phi) is 8.83. The van der Waals surface area contributed by atoms with Gasteiger partial charge in [-0.2, -0.15) is 23.4 Å². The van der Waals surface area contributed by atoms with E-state index in [9.17, 15) is 18.0 Å². The van der Waals surface area contributed by atoms with Crippen LogP contribution >= 0.6 is 0 Å². The van der Waals surface area contributed by atoms with E-state index in [0.29, 0.717) is 45.5 Å². The molecule has 3 aromatic heterocycles. The number of hydrogen-bond acceptors (Lipinski definition) is 7. The minimum absolute atomic E-state index is 0.115. The topological polar surface area (TPSA) is 96.5 Å². The maximum atomic E-state index is 13.1. The average molecular weight is 565 g/mol. The van der Waals surface area contributed by atoms with Crippen molar-refractivity contribution in [3.8, 4) is 17.1 Å². The first-order valence-electron chi connectivity index (χ1n) is 13.2. The fourth-order valence-corrected chi connectivity index (χ4v) is 5.01. The quantitative estimate of drug-likeness (QED) is 0.349. The molecule has 1 saturated heterocycles. The smallest absolute Gasteiger partial charge is 0.471 e. The van der Waals surface area contributed by atoms with Gasteiger partial charge in [-0.25, -0.2) is 9.36 Å². The van der Waals surface area contributed by atoms with Crippen molar-refractivity contribution in [3.05, 3.63) is 29.7 Å². The fraction of sp³-hybridized carbons (Fsp3) is 0.556. The Hall–Kier alpha value is -3.45. The van der Waals surface area contributed by atoms with E-state index < -0.39 is 18.2 Å². The highest BCUT2D eigenvalue weighted by molar-refractivity contribution is 5.91. The molecule has 10 nitrogen and oxygen atoms in total. The molecule has 1 unspecified atom stereocenters. The molecule has 0 spiro atoms. The number of pyridine rings is 1. The summed E-state index contributed by atoms with van der Waals surface area (Å²) in [5, 5.41) is 10.2. The molecule has 13 heteroatoms. The first kappa shape index (κ1) is 29.5. The lowest BCUT2D eigenvalue weighted by molar-refractivity contribution is -0.186. The fourth-order valence-electron chi connectivity index (χ4n) is 5.01. The van der Waals surface area contributed by atoms with E-state index in [1.807, 2.05) is 17.7 Å². The number of amides is 1. The number of ether oxygens (including phenoxy) is 3. The van der Waals surface area contributed by atoms with Gasteiger partial charge >= 0.3 is 12.1 Å². The van der Waals surface area contributed by atoms with E-state index >= 15 is 0 Å². The van der Waals surface area contributed by atoms with Crippen LogP contribution in [0.15, 0.2) is 12.6 Å². The van der Waals surface area contributed by atoms with Crippen LogP contribution < -0.4 is 4.74 Å². The number of carbonyl (C=O) groups is 1. The molecule has 1 aliphatic rings. The van der Waals surface area contributed by atoms with Crippen molar-refractivity contribution < 1.29 is 32.2 Å². The van der Waals surface area contributed by atoms with Crippen LogP contribution in [0.5, 0.6) is 5.88 Å². The van der Waals surface area contributed by atoms with E-state index in [2.05, 4.69) is 11.7 Å². The number of rotatable bonds is 10.